The molecule has 0 aliphatic heterocycles. The van der Waals surface area contributed by atoms with Crippen molar-refractivity contribution in [3.05, 3.63) is 40.7 Å². The smallest absolute Gasteiger partial charge is 0.277 e. The van der Waals surface area contributed by atoms with Crippen LogP contribution in [0.1, 0.15) is 16.1 Å². The molecule has 0 radical (unpaired) electrons. The van der Waals surface area contributed by atoms with Crippen LogP contribution in [0.4, 0.5) is 5.69 Å². The highest BCUT2D eigenvalue weighted by Gasteiger charge is 2.16. The molecule has 0 atom stereocenters. The maximum Gasteiger partial charge on any atom is 0.277 e. The van der Waals surface area contributed by atoms with Gasteiger partial charge >= 0.3 is 0 Å². The van der Waals surface area contributed by atoms with Crippen molar-refractivity contribution in [1.82, 2.24) is 14.4 Å². The summed E-state index contributed by atoms with van der Waals surface area (Å²) >= 11 is 5.99. The third-order valence-corrected chi connectivity index (χ3v) is 3.46. The van der Waals surface area contributed by atoms with Gasteiger partial charge < -0.3 is 5.32 Å². The second-order valence-electron chi connectivity index (χ2n) is 4.15. The highest BCUT2D eigenvalue weighted by Crippen LogP contribution is 2.23. The van der Waals surface area contributed by atoms with Gasteiger partial charge in [0.15, 0.2) is 5.69 Å². The average Bonchev–Trinajstić information content (AvgIpc) is 2.82. The lowest BCUT2D eigenvalue weighted by Gasteiger charge is -2.05. The molecule has 0 unspecified atom stereocenters. The fraction of sp³-hybridized carbons (Fsp3) is 0.182. The van der Waals surface area contributed by atoms with Gasteiger partial charge in [-0.15, -0.1) is 10.2 Å². The van der Waals surface area contributed by atoms with Crippen molar-refractivity contribution in [3.8, 4) is 0 Å². The molecule has 1 aromatic carbocycles. The van der Waals surface area contributed by atoms with Gasteiger partial charge in [0.1, 0.15) is 0 Å². The minimum absolute atomic E-state index is 0.118. The molecular weight excluding hydrogens is 304 g/mol. The number of anilines is 1. The Morgan fingerprint density at radius 3 is 2.65 bits per heavy atom. The third kappa shape index (κ3) is 3.14. The zero-order valence-electron chi connectivity index (χ0n) is 10.7. The summed E-state index contributed by atoms with van der Waals surface area (Å²) in [4.78, 5) is 11.9. The fourth-order valence-electron chi connectivity index (χ4n) is 1.42. The number of hydrogen-bond donors (Lipinski definition) is 1. The minimum Gasteiger partial charge on any atom is -0.319 e. The molecule has 0 fully saturated rings. The van der Waals surface area contributed by atoms with E-state index in [1.54, 1.807) is 18.2 Å². The van der Waals surface area contributed by atoms with Crippen LogP contribution in [0.25, 0.3) is 0 Å². The largest absolute Gasteiger partial charge is 0.319 e. The van der Waals surface area contributed by atoms with Crippen molar-refractivity contribution < 1.29 is 13.2 Å². The highest BCUT2D eigenvalue weighted by atomic mass is 35.5. The van der Waals surface area contributed by atoms with Crippen LogP contribution in [0.5, 0.6) is 0 Å². The molecule has 7 nitrogen and oxygen atoms in total. The van der Waals surface area contributed by atoms with Crippen LogP contribution in [-0.4, -0.2) is 35.0 Å². The summed E-state index contributed by atoms with van der Waals surface area (Å²) in [5.41, 5.74) is 1.25. The van der Waals surface area contributed by atoms with Crippen molar-refractivity contribution in [2.75, 3.05) is 11.6 Å². The van der Waals surface area contributed by atoms with E-state index in [1.807, 2.05) is 6.92 Å². The van der Waals surface area contributed by atoms with Crippen LogP contribution in [-0.2, 0) is 10.0 Å². The first kappa shape index (κ1) is 14.5. The van der Waals surface area contributed by atoms with Gasteiger partial charge in [-0.2, -0.15) is 0 Å². The molecule has 9 heteroatoms. The predicted molar refractivity (Wildman–Crippen MR) is 74.4 cm³/mol. The highest BCUT2D eigenvalue weighted by molar-refractivity contribution is 7.88. The van der Waals surface area contributed by atoms with Gasteiger partial charge in [-0.25, -0.2) is 8.42 Å². The number of rotatable bonds is 3. The van der Waals surface area contributed by atoms with Crippen LogP contribution >= 0.6 is 11.6 Å². The Morgan fingerprint density at radius 2 is 2.10 bits per heavy atom. The average molecular weight is 315 g/mol. The van der Waals surface area contributed by atoms with Crippen LogP contribution in [0.3, 0.4) is 0 Å². The summed E-state index contributed by atoms with van der Waals surface area (Å²) in [6, 6.07) is 5.13. The standard InChI is InChI=1S/C11H11ClN4O3S/c1-7-3-4-9(8(12)5-7)14-11(17)10-6-13-16(15-10)20(2,18)19/h3-6H,1-2H3,(H,14,17). The topological polar surface area (TPSA) is 94.0 Å². The van der Waals surface area contributed by atoms with E-state index in [0.29, 0.717) is 14.9 Å². The van der Waals surface area contributed by atoms with Gasteiger partial charge in [-0.05, 0) is 24.6 Å². The lowest BCUT2D eigenvalue weighted by atomic mass is 10.2. The van der Waals surface area contributed by atoms with E-state index in [9.17, 15) is 13.2 Å². The second-order valence-corrected chi connectivity index (χ2v) is 6.35. The first-order valence-electron chi connectivity index (χ1n) is 5.48. The van der Waals surface area contributed by atoms with Gasteiger partial charge in [0, 0.05) is 0 Å². The number of hydrogen-bond acceptors (Lipinski definition) is 5. The van der Waals surface area contributed by atoms with E-state index in [0.717, 1.165) is 18.0 Å². The maximum absolute atomic E-state index is 11.9. The molecule has 106 valence electrons. The van der Waals surface area contributed by atoms with Crippen LogP contribution in [0.15, 0.2) is 24.4 Å². The molecule has 1 aromatic heterocycles. The molecule has 0 spiro atoms. The molecule has 1 N–H and O–H groups in total. The third-order valence-electron chi connectivity index (χ3n) is 2.37. The number of nitrogens with zero attached hydrogens (tertiary/aromatic N) is 3. The monoisotopic (exact) mass is 314 g/mol. The Kier molecular flexibility index (Phi) is 3.78. The Morgan fingerprint density at radius 1 is 1.40 bits per heavy atom. The number of aryl methyl sites for hydroxylation is 1. The van der Waals surface area contributed by atoms with Crippen molar-refractivity contribution >= 4 is 33.2 Å². The summed E-state index contributed by atoms with van der Waals surface area (Å²) in [6.45, 7) is 1.87. The van der Waals surface area contributed by atoms with E-state index in [2.05, 4.69) is 15.5 Å². The molecule has 0 aliphatic carbocycles. The van der Waals surface area contributed by atoms with Crippen LogP contribution < -0.4 is 5.32 Å². The molecule has 1 amide bonds. The Hall–Kier alpha value is -1.93. The first-order valence-corrected chi connectivity index (χ1v) is 7.70. The Labute approximate surface area is 120 Å². The molecule has 1 heterocycles. The Balaban J connectivity index is 2.22. The molecule has 20 heavy (non-hydrogen) atoms. The summed E-state index contributed by atoms with van der Waals surface area (Å²) in [7, 11) is -3.61. The molecule has 2 aromatic rings. The zero-order chi connectivity index (χ0) is 14.9. The van der Waals surface area contributed by atoms with Crippen molar-refractivity contribution in [2.45, 2.75) is 6.92 Å². The molecule has 0 aliphatic rings. The van der Waals surface area contributed by atoms with Gasteiger partial charge in [-0.3, -0.25) is 4.79 Å². The summed E-state index contributed by atoms with van der Waals surface area (Å²) < 4.78 is 22.9. The van der Waals surface area contributed by atoms with Crippen LogP contribution in [0, 0.1) is 6.92 Å². The van der Waals surface area contributed by atoms with E-state index >= 15 is 0 Å². The van der Waals surface area contributed by atoms with E-state index < -0.39 is 15.9 Å². The van der Waals surface area contributed by atoms with Crippen molar-refractivity contribution in [2.24, 2.45) is 0 Å². The quantitative estimate of drug-likeness (QED) is 0.921. The van der Waals surface area contributed by atoms with Gasteiger partial charge in [0.05, 0.1) is 23.2 Å². The minimum atomic E-state index is -3.61. The van der Waals surface area contributed by atoms with Crippen LogP contribution in [0.2, 0.25) is 5.02 Å². The molecule has 2 rings (SSSR count). The lowest BCUT2D eigenvalue weighted by Crippen LogP contribution is -2.16. The summed E-state index contributed by atoms with van der Waals surface area (Å²) in [5, 5.41) is 10.0. The number of amides is 1. The molecule has 0 bridgehead atoms. The number of carbonyl (C=O) groups is 1. The molecule has 0 saturated heterocycles. The molecule has 0 saturated carbocycles. The zero-order valence-corrected chi connectivity index (χ0v) is 12.2. The fourth-order valence-corrected chi connectivity index (χ4v) is 2.16. The summed E-state index contributed by atoms with van der Waals surface area (Å²) in [6.07, 6.45) is 2.00. The number of aromatic nitrogens is 3. The number of carbonyl (C=O) groups excluding carboxylic acids is 1. The second kappa shape index (κ2) is 5.22. The predicted octanol–water partition coefficient (Wildman–Crippen LogP) is 1.30. The van der Waals surface area contributed by atoms with Crippen molar-refractivity contribution in [3.63, 3.8) is 0 Å². The molecular formula is C11H11ClN4O3S. The van der Waals surface area contributed by atoms with E-state index in [4.69, 9.17) is 11.6 Å². The van der Waals surface area contributed by atoms with Gasteiger partial charge in [-0.1, -0.05) is 21.9 Å². The van der Waals surface area contributed by atoms with E-state index in [-0.39, 0.29) is 5.69 Å². The summed E-state index contributed by atoms with van der Waals surface area (Å²) in [5.74, 6) is -0.592. The SMILES string of the molecule is Cc1ccc(NC(=O)c2cnn(S(C)(=O)=O)n2)c(Cl)c1. The maximum atomic E-state index is 11.9. The van der Waals surface area contributed by atoms with Gasteiger partial charge in [0.2, 0.25) is 0 Å². The number of benzene rings is 1. The number of halogens is 1. The van der Waals surface area contributed by atoms with E-state index in [1.165, 1.54) is 0 Å². The number of nitrogens with one attached hydrogen (secondary N) is 1. The van der Waals surface area contributed by atoms with Crippen molar-refractivity contribution in [1.29, 1.82) is 0 Å². The Bertz CT molecular complexity index is 770. The van der Waals surface area contributed by atoms with Gasteiger partial charge in [0.25, 0.3) is 15.9 Å². The lowest BCUT2D eigenvalue weighted by molar-refractivity contribution is 0.102. The first-order chi connectivity index (χ1) is 9.27. The normalized spacial score (nSPS) is 11.3.